The highest BCUT2D eigenvalue weighted by Gasteiger charge is 2.22. The van der Waals surface area contributed by atoms with Crippen LogP contribution in [0.5, 0.6) is 0 Å². The summed E-state index contributed by atoms with van der Waals surface area (Å²) in [4.78, 5) is 11.0. The molecule has 0 aromatic heterocycles. The first kappa shape index (κ1) is 10.3. The van der Waals surface area contributed by atoms with Gasteiger partial charge in [0.25, 0.3) is 0 Å². The van der Waals surface area contributed by atoms with Gasteiger partial charge in [0.15, 0.2) is 5.78 Å². The second kappa shape index (κ2) is 3.95. The van der Waals surface area contributed by atoms with Crippen molar-refractivity contribution in [1.29, 1.82) is 0 Å². The largest absolute Gasteiger partial charge is 0.383 e. The van der Waals surface area contributed by atoms with Crippen LogP contribution in [-0.4, -0.2) is 11.3 Å². The Morgan fingerprint density at radius 2 is 2.00 bits per heavy atom. The maximum atomic E-state index is 11.0. The van der Waals surface area contributed by atoms with Gasteiger partial charge in [0.2, 0.25) is 0 Å². The van der Waals surface area contributed by atoms with Crippen LogP contribution in [0.4, 0.5) is 0 Å². The molecule has 0 saturated carbocycles. The smallest absolute Gasteiger partial charge is 0.157 e. The van der Waals surface area contributed by atoms with Crippen molar-refractivity contribution in [3.8, 4) is 0 Å². The van der Waals surface area contributed by atoms with E-state index in [0.29, 0.717) is 6.42 Å². The molecule has 0 heterocycles. The fourth-order valence-corrected chi connectivity index (χ4v) is 1.51. The fourth-order valence-electron chi connectivity index (χ4n) is 1.51. The van der Waals surface area contributed by atoms with Crippen LogP contribution in [0.2, 0.25) is 0 Å². The number of carbonyl (C=O) groups excluding carboxylic acids is 1. The third-order valence-corrected chi connectivity index (χ3v) is 3.00. The van der Waals surface area contributed by atoms with Crippen LogP contribution in [0.3, 0.4) is 0 Å². The highest BCUT2D eigenvalue weighted by molar-refractivity contribution is 5.92. The van der Waals surface area contributed by atoms with Crippen LogP contribution in [-0.2, 0) is 4.79 Å². The lowest BCUT2D eigenvalue weighted by molar-refractivity contribution is -0.114. The zero-order chi connectivity index (χ0) is 9.90. The van der Waals surface area contributed by atoms with Crippen molar-refractivity contribution >= 4 is 5.78 Å². The minimum atomic E-state index is 0.163. The van der Waals surface area contributed by atoms with E-state index >= 15 is 0 Å². The minimum Gasteiger partial charge on any atom is -0.383 e. The number of allylic oxidation sites excluding steroid dienone is 2. The van der Waals surface area contributed by atoms with Crippen LogP contribution in [0.25, 0.3) is 0 Å². The van der Waals surface area contributed by atoms with Gasteiger partial charge in [-0.1, -0.05) is 13.8 Å². The molecule has 1 rings (SSSR count). The molecule has 0 bridgehead atoms. The van der Waals surface area contributed by atoms with E-state index in [9.17, 15) is 4.79 Å². The van der Waals surface area contributed by atoms with Gasteiger partial charge in [0.05, 0.1) is 0 Å². The Morgan fingerprint density at radius 1 is 1.38 bits per heavy atom. The molecule has 74 valence electrons. The third kappa shape index (κ3) is 2.58. The number of hydrogen-bond acceptors (Lipinski definition) is 2. The zero-order valence-electron chi connectivity index (χ0n) is 8.81. The van der Waals surface area contributed by atoms with E-state index in [0.717, 1.165) is 25.0 Å². The van der Waals surface area contributed by atoms with Gasteiger partial charge in [-0.3, -0.25) is 4.79 Å². The maximum absolute atomic E-state index is 11.0. The first-order valence-electron chi connectivity index (χ1n) is 5.11. The third-order valence-electron chi connectivity index (χ3n) is 3.00. The van der Waals surface area contributed by atoms with Gasteiger partial charge in [-0.05, 0) is 26.2 Å². The molecular weight excluding hydrogens is 162 g/mol. The van der Waals surface area contributed by atoms with E-state index in [1.54, 1.807) is 6.08 Å². The molecular formula is C11H19NO. The standard InChI is InChI=1S/C11H19NO/c1-4-11(3,5-2)12-9-6-7-10(13)8-9/h8,12H,4-7H2,1-3H3. The van der Waals surface area contributed by atoms with Gasteiger partial charge in [-0.25, -0.2) is 0 Å². The highest BCUT2D eigenvalue weighted by Crippen LogP contribution is 2.20. The monoisotopic (exact) mass is 181 g/mol. The zero-order valence-corrected chi connectivity index (χ0v) is 8.81. The van der Waals surface area contributed by atoms with Crippen LogP contribution >= 0.6 is 0 Å². The molecule has 0 unspecified atom stereocenters. The normalized spacial score (nSPS) is 17.5. The van der Waals surface area contributed by atoms with Crippen molar-refractivity contribution < 1.29 is 4.79 Å². The Kier molecular flexibility index (Phi) is 3.12. The summed E-state index contributed by atoms with van der Waals surface area (Å²) in [5.41, 5.74) is 1.28. The van der Waals surface area contributed by atoms with E-state index < -0.39 is 0 Å². The molecule has 0 aromatic carbocycles. The molecule has 0 aliphatic heterocycles. The molecule has 2 nitrogen and oxygen atoms in total. The maximum Gasteiger partial charge on any atom is 0.157 e. The fraction of sp³-hybridized carbons (Fsp3) is 0.727. The summed E-state index contributed by atoms with van der Waals surface area (Å²) >= 11 is 0. The predicted octanol–water partition coefficient (Wildman–Crippen LogP) is 2.40. The van der Waals surface area contributed by atoms with E-state index in [1.165, 1.54) is 0 Å². The molecule has 1 aliphatic carbocycles. The molecule has 0 amide bonds. The van der Waals surface area contributed by atoms with Crippen molar-refractivity contribution in [3.63, 3.8) is 0 Å². The second-order valence-corrected chi connectivity index (χ2v) is 4.03. The molecule has 13 heavy (non-hydrogen) atoms. The lowest BCUT2D eigenvalue weighted by atomic mass is 9.95. The van der Waals surface area contributed by atoms with Crippen molar-refractivity contribution in [2.75, 3.05) is 0 Å². The number of nitrogens with one attached hydrogen (secondary N) is 1. The average molecular weight is 181 g/mol. The molecule has 0 saturated heterocycles. The van der Waals surface area contributed by atoms with Crippen LogP contribution in [0.15, 0.2) is 11.8 Å². The highest BCUT2D eigenvalue weighted by atomic mass is 16.1. The van der Waals surface area contributed by atoms with Crippen LogP contribution < -0.4 is 5.32 Å². The quantitative estimate of drug-likeness (QED) is 0.721. The molecule has 1 N–H and O–H groups in total. The summed E-state index contributed by atoms with van der Waals surface area (Å²) in [5, 5.41) is 3.46. The van der Waals surface area contributed by atoms with Crippen molar-refractivity contribution in [1.82, 2.24) is 5.32 Å². The van der Waals surface area contributed by atoms with Crippen LogP contribution in [0, 0.1) is 0 Å². The van der Waals surface area contributed by atoms with Crippen molar-refractivity contribution in [2.45, 2.75) is 52.0 Å². The van der Waals surface area contributed by atoms with Gasteiger partial charge in [0.1, 0.15) is 0 Å². The minimum absolute atomic E-state index is 0.163. The summed E-state index contributed by atoms with van der Waals surface area (Å²) in [6.07, 6.45) is 5.52. The van der Waals surface area contributed by atoms with E-state index in [2.05, 4.69) is 26.1 Å². The molecule has 0 atom stereocenters. The molecule has 2 heteroatoms. The van der Waals surface area contributed by atoms with Crippen molar-refractivity contribution in [3.05, 3.63) is 11.8 Å². The Balaban J connectivity index is 2.57. The van der Waals surface area contributed by atoms with Gasteiger partial charge < -0.3 is 5.32 Å². The molecule has 0 radical (unpaired) electrons. The van der Waals surface area contributed by atoms with E-state index in [-0.39, 0.29) is 11.3 Å². The summed E-state index contributed by atoms with van der Waals surface area (Å²) in [5.74, 6) is 0.261. The van der Waals surface area contributed by atoms with Gasteiger partial charge >= 0.3 is 0 Å². The lowest BCUT2D eigenvalue weighted by Gasteiger charge is -2.30. The first-order chi connectivity index (χ1) is 6.09. The lowest BCUT2D eigenvalue weighted by Crippen LogP contribution is -2.39. The summed E-state index contributed by atoms with van der Waals surface area (Å²) in [6.45, 7) is 6.55. The number of ketones is 1. The molecule has 0 spiro atoms. The Morgan fingerprint density at radius 3 is 2.38 bits per heavy atom. The average Bonchev–Trinajstić information content (AvgIpc) is 2.51. The summed E-state index contributed by atoms with van der Waals surface area (Å²) in [6, 6.07) is 0. The SMILES string of the molecule is CCC(C)(CC)NC1=CC(=O)CC1. The molecule has 0 aromatic rings. The van der Waals surface area contributed by atoms with Gasteiger partial charge in [-0.15, -0.1) is 0 Å². The summed E-state index contributed by atoms with van der Waals surface area (Å²) in [7, 11) is 0. The Labute approximate surface area is 80.4 Å². The number of rotatable bonds is 4. The second-order valence-electron chi connectivity index (χ2n) is 4.03. The summed E-state index contributed by atoms with van der Waals surface area (Å²) < 4.78 is 0. The number of hydrogen-bond donors (Lipinski definition) is 1. The topological polar surface area (TPSA) is 29.1 Å². The van der Waals surface area contributed by atoms with Gasteiger partial charge in [0, 0.05) is 23.7 Å². The molecule has 1 aliphatic rings. The first-order valence-corrected chi connectivity index (χ1v) is 5.11. The van der Waals surface area contributed by atoms with E-state index in [4.69, 9.17) is 0 Å². The Bertz CT molecular complexity index is 226. The number of carbonyl (C=O) groups is 1. The van der Waals surface area contributed by atoms with Gasteiger partial charge in [-0.2, -0.15) is 0 Å². The molecule has 0 fully saturated rings. The van der Waals surface area contributed by atoms with E-state index in [1.807, 2.05) is 0 Å². The predicted molar refractivity (Wildman–Crippen MR) is 54.4 cm³/mol. The van der Waals surface area contributed by atoms with Crippen molar-refractivity contribution in [2.24, 2.45) is 0 Å². The van der Waals surface area contributed by atoms with Crippen LogP contribution in [0.1, 0.15) is 46.5 Å². The Hall–Kier alpha value is -0.790.